The number of hydrogen-bond donors (Lipinski definition) is 1. The van der Waals surface area contributed by atoms with Crippen LogP contribution in [0.15, 0.2) is 0 Å². The molecule has 0 heterocycles. The zero-order valence-corrected chi connectivity index (χ0v) is 10.8. The van der Waals surface area contributed by atoms with Crippen LogP contribution in [0.4, 0.5) is 4.39 Å². The van der Waals surface area contributed by atoms with Gasteiger partial charge in [0.1, 0.15) is 6.17 Å². The van der Waals surface area contributed by atoms with E-state index in [4.69, 9.17) is 0 Å². The fourth-order valence-corrected chi connectivity index (χ4v) is 5.32. The van der Waals surface area contributed by atoms with Crippen molar-refractivity contribution in [1.82, 2.24) is 5.32 Å². The molecule has 4 saturated carbocycles. The lowest BCUT2D eigenvalue weighted by Gasteiger charge is -2.62. The molecule has 96 valence electrons. The van der Waals surface area contributed by atoms with Crippen molar-refractivity contribution in [3.05, 3.63) is 0 Å². The number of hydrogen-bond acceptors (Lipinski definition) is 1. The summed E-state index contributed by atoms with van der Waals surface area (Å²) in [6.45, 7) is 3.30. The first-order valence-corrected chi connectivity index (χ1v) is 6.86. The summed E-state index contributed by atoms with van der Waals surface area (Å²) in [6.07, 6.45) is 5.64. The number of alkyl halides is 1. The van der Waals surface area contributed by atoms with E-state index in [1.165, 1.54) is 6.42 Å². The molecular formula is C14H22FNO. The lowest BCUT2D eigenvalue weighted by molar-refractivity contribution is -0.136. The second kappa shape index (κ2) is 3.46. The van der Waals surface area contributed by atoms with Crippen molar-refractivity contribution in [2.45, 2.75) is 64.1 Å². The highest BCUT2D eigenvalue weighted by Gasteiger charge is 2.59. The highest BCUT2D eigenvalue weighted by Crippen LogP contribution is 2.63. The molecule has 0 radical (unpaired) electrons. The second-order valence-corrected chi connectivity index (χ2v) is 6.90. The molecule has 0 aliphatic heterocycles. The Balaban J connectivity index is 1.91. The Bertz CT molecular complexity index is 338. The van der Waals surface area contributed by atoms with Crippen LogP contribution >= 0.6 is 0 Å². The molecule has 1 amide bonds. The van der Waals surface area contributed by atoms with Crippen LogP contribution in [0.2, 0.25) is 0 Å². The van der Waals surface area contributed by atoms with Crippen LogP contribution in [0.25, 0.3) is 0 Å². The van der Waals surface area contributed by atoms with E-state index in [1.54, 1.807) is 13.8 Å². The van der Waals surface area contributed by atoms with Gasteiger partial charge in [-0.25, -0.2) is 4.39 Å². The summed E-state index contributed by atoms with van der Waals surface area (Å²) in [5, 5.41) is 3.16. The monoisotopic (exact) mass is 239 g/mol. The Morgan fingerprint density at radius 1 is 1.29 bits per heavy atom. The summed E-state index contributed by atoms with van der Waals surface area (Å²) in [7, 11) is 0. The van der Waals surface area contributed by atoms with Gasteiger partial charge in [-0.05, 0) is 57.3 Å². The van der Waals surface area contributed by atoms with Crippen molar-refractivity contribution in [2.75, 3.05) is 0 Å². The van der Waals surface area contributed by atoms with Crippen LogP contribution in [0.5, 0.6) is 0 Å². The van der Waals surface area contributed by atoms with E-state index in [1.807, 2.05) is 0 Å². The summed E-state index contributed by atoms with van der Waals surface area (Å²) in [5.74, 6) is 1.33. The van der Waals surface area contributed by atoms with Crippen LogP contribution in [0, 0.1) is 17.3 Å². The number of carbonyl (C=O) groups is 1. The van der Waals surface area contributed by atoms with Crippen molar-refractivity contribution < 1.29 is 9.18 Å². The van der Waals surface area contributed by atoms with Gasteiger partial charge in [0.05, 0.1) is 0 Å². The average Bonchev–Trinajstić information content (AvgIpc) is 2.12. The molecule has 2 nitrogen and oxygen atoms in total. The van der Waals surface area contributed by atoms with Gasteiger partial charge >= 0.3 is 0 Å². The van der Waals surface area contributed by atoms with Crippen molar-refractivity contribution in [3.63, 3.8) is 0 Å². The van der Waals surface area contributed by atoms with Crippen LogP contribution in [0.3, 0.4) is 0 Å². The van der Waals surface area contributed by atoms with E-state index >= 15 is 0 Å². The predicted molar refractivity (Wildman–Crippen MR) is 64.2 cm³/mol. The molecule has 4 bridgehead atoms. The number of halogens is 1. The topological polar surface area (TPSA) is 29.1 Å². The SMILES string of the molecule is CC(=O)NC12C[C@H]3C[C@@H](C1)CC(C(C)F)(C3)C2. The molecule has 4 aliphatic rings. The fraction of sp³-hybridized carbons (Fsp3) is 0.929. The van der Waals surface area contributed by atoms with E-state index < -0.39 is 6.17 Å². The zero-order chi connectivity index (χ0) is 12.3. The molecule has 0 aromatic rings. The molecule has 1 N–H and O–H groups in total. The maximum atomic E-state index is 14.0. The molecule has 4 fully saturated rings. The third-order valence-electron chi connectivity index (χ3n) is 5.39. The normalized spacial score (nSPS) is 49.1. The summed E-state index contributed by atoms with van der Waals surface area (Å²) >= 11 is 0. The largest absolute Gasteiger partial charge is 0.351 e. The van der Waals surface area contributed by atoms with E-state index in [9.17, 15) is 9.18 Å². The third-order valence-corrected chi connectivity index (χ3v) is 5.39. The predicted octanol–water partition coefficient (Wildman–Crippen LogP) is 2.82. The number of amides is 1. The number of rotatable bonds is 2. The Labute approximate surface area is 102 Å². The minimum atomic E-state index is -0.735. The Hall–Kier alpha value is -0.600. The second-order valence-electron chi connectivity index (χ2n) is 6.90. The summed E-state index contributed by atoms with van der Waals surface area (Å²) in [6, 6.07) is 0. The first-order chi connectivity index (χ1) is 7.93. The minimum Gasteiger partial charge on any atom is -0.351 e. The third kappa shape index (κ3) is 1.69. The molecule has 17 heavy (non-hydrogen) atoms. The van der Waals surface area contributed by atoms with Crippen molar-refractivity contribution >= 4 is 5.91 Å². The van der Waals surface area contributed by atoms with E-state index in [2.05, 4.69) is 5.32 Å². The van der Waals surface area contributed by atoms with Gasteiger partial charge in [-0.2, -0.15) is 0 Å². The summed E-state index contributed by atoms with van der Waals surface area (Å²) < 4.78 is 14.0. The quantitative estimate of drug-likeness (QED) is 0.788. The first-order valence-electron chi connectivity index (χ1n) is 6.86. The maximum absolute atomic E-state index is 14.0. The van der Waals surface area contributed by atoms with Gasteiger partial charge in [0, 0.05) is 17.9 Å². The zero-order valence-electron chi connectivity index (χ0n) is 10.8. The van der Waals surface area contributed by atoms with Gasteiger partial charge in [-0.1, -0.05) is 0 Å². The van der Waals surface area contributed by atoms with E-state index in [0.717, 1.165) is 32.1 Å². The van der Waals surface area contributed by atoms with Gasteiger partial charge in [-0.3, -0.25) is 4.79 Å². The molecule has 3 heteroatoms. The van der Waals surface area contributed by atoms with E-state index in [-0.39, 0.29) is 16.9 Å². The number of carbonyl (C=O) groups excluding carboxylic acids is 1. The Kier molecular flexibility index (Phi) is 2.34. The van der Waals surface area contributed by atoms with Crippen LogP contribution in [-0.2, 0) is 4.79 Å². The summed E-state index contributed by atoms with van der Waals surface area (Å²) in [4.78, 5) is 11.4. The molecule has 3 unspecified atom stereocenters. The minimum absolute atomic E-state index is 0.0496. The van der Waals surface area contributed by atoms with Gasteiger partial charge < -0.3 is 5.32 Å². The van der Waals surface area contributed by atoms with Gasteiger partial charge in [0.15, 0.2) is 0 Å². The highest BCUT2D eigenvalue weighted by atomic mass is 19.1. The number of nitrogens with one attached hydrogen (secondary N) is 1. The smallest absolute Gasteiger partial charge is 0.217 e. The Morgan fingerprint density at radius 2 is 1.88 bits per heavy atom. The molecular weight excluding hydrogens is 217 g/mol. The first kappa shape index (κ1) is 11.5. The van der Waals surface area contributed by atoms with Crippen molar-refractivity contribution in [3.8, 4) is 0 Å². The van der Waals surface area contributed by atoms with Crippen molar-refractivity contribution in [1.29, 1.82) is 0 Å². The van der Waals surface area contributed by atoms with Crippen LogP contribution in [-0.4, -0.2) is 17.6 Å². The van der Waals surface area contributed by atoms with Gasteiger partial charge in [0.25, 0.3) is 0 Å². The van der Waals surface area contributed by atoms with E-state index in [0.29, 0.717) is 11.8 Å². The molecule has 0 aromatic carbocycles. The molecule has 0 spiro atoms. The maximum Gasteiger partial charge on any atom is 0.217 e. The molecule has 0 saturated heterocycles. The fourth-order valence-electron chi connectivity index (χ4n) is 5.32. The van der Waals surface area contributed by atoms with Crippen LogP contribution in [0.1, 0.15) is 52.4 Å². The lowest BCUT2D eigenvalue weighted by atomic mass is 9.46. The molecule has 5 atom stereocenters. The summed E-state index contributed by atoms with van der Waals surface area (Å²) in [5.41, 5.74) is -0.206. The van der Waals surface area contributed by atoms with Crippen LogP contribution < -0.4 is 5.32 Å². The molecule has 0 aromatic heterocycles. The van der Waals surface area contributed by atoms with Crippen molar-refractivity contribution in [2.24, 2.45) is 17.3 Å². The molecule has 4 rings (SSSR count). The van der Waals surface area contributed by atoms with Gasteiger partial charge in [0.2, 0.25) is 5.91 Å². The average molecular weight is 239 g/mol. The van der Waals surface area contributed by atoms with Gasteiger partial charge in [-0.15, -0.1) is 0 Å². The standard InChI is InChI=1S/C14H22FNO/c1-9(15)13-4-11-3-12(5-13)7-14(6-11,8-13)16-10(2)17/h9,11-12H,3-8H2,1-2H3,(H,16,17)/t9?,11-,12+,13?,14?. The molecule has 4 aliphatic carbocycles. The highest BCUT2D eigenvalue weighted by molar-refractivity contribution is 5.74. The Morgan fingerprint density at radius 3 is 2.35 bits per heavy atom. The lowest BCUT2D eigenvalue weighted by Crippen LogP contribution is -2.64.